The molecule has 0 aliphatic heterocycles. The maximum Gasteiger partial charge on any atom is 0.248 e. The van der Waals surface area contributed by atoms with Crippen LogP contribution in [0.5, 0.6) is 0 Å². The molecule has 0 fully saturated rings. The molecule has 5 aromatic rings. The van der Waals surface area contributed by atoms with Crippen molar-refractivity contribution in [2.75, 3.05) is 4.90 Å². The van der Waals surface area contributed by atoms with Gasteiger partial charge in [0.05, 0.1) is 22.0 Å². The number of para-hydroxylation sites is 1. The summed E-state index contributed by atoms with van der Waals surface area (Å²) < 4.78 is 5.79. The predicted molar refractivity (Wildman–Crippen MR) is 125 cm³/mol. The van der Waals surface area contributed by atoms with Gasteiger partial charge in [0.25, 0.3) is 0 Å². The highest BCUT2D eigenvalue weighted by molar-refractivity contribution is 6.34. The van der Waals surface area contributed by atoms with Gasteiger partial charge >= 0.3 is 0 Å². The van der Waals surface area contributed by atoms with E-state index in [0.29, 0.717) is 27.7 Å². The van der Waals surface area contributed by atoms with Crippen molar-refractivity contribution in [3.8, 4) is 22.5 Å². The smallest absolute Gasteiger partial charge is 0.248 e. The van der Waals surface area contributed by atoms with Crippen LogP contribution in [0, 0.1) is 0 Å². The van der Waals surface area contributed by atoms with E-state index in [2.05, 4.69) is 15.1 Å². The van der Waals surface area contributed by atoms with Crippen molar-refractivity contribution in [3.05, 3.63) is 90.3 Å². The van der Waals surface area contributed by atoms with E-state index in [9.17, 15) is 4.79 Å². The number of anilines is 2. The highest BCUT2D eigenvalue weighted by atomic mass is 35.5. The van der Waals surface area contributed by atoms with Crippen LogP contribution in [0.1, 0.15) is 6.92 Å². The minimum Gasteiger partial charge on any atom is -0.336 e. The molecule has 0 spiro atoms. The maximum atomic E-state index is 12.7. The number of aromatic nitrogens is 3. The van der Waals surface area contributed by atoms with Gasteiger partial charge in [0.2, 0.25) is 11.8 Å². The van der Waals surface area contributed by atoms with E-state index in [4.69, 9.17) is 16.1 Å². The van der Waals surface area contributed by atoms with Crippen molar-refractivity contribution in [2.24, 2.45) is 0 Å². The first-order chi connectivity index (χ1) is 15.6. The molecule has 0 saturated carbocycles. The molecule has 0 aliphatic rings. The Morgan fingerprint density at radius 1 is 0.969 bits per heavy atom. The molecule has 3 aromatic carbocycles. The fraction of sp³-hybridized carbons (Fsp3) is 0.0400. The summed E-state index contributed by atoms with van der Waals surface area (Å²) in [6, 6.07) is 22.9. The zero-order valence-corrected chi connectivity index (χ0v) is 17.8. The normalized spacial score (nSPS) is 10.9. The molecule has 6 nitrogen and oxygen atoms in total. The van der Waals surface area contributed by atoms with E-state index in [-0.39, 0.29) is 11.8 Å². The second-order valence-corrected chi connectivity index (χ2v) is 7.58. The molecule has 0 saturated heterocycles. The van der Waals surface area contributed by atoms with Crippen molar-refractivity contribution in [3.63, 3.8) is 0 Å². The van der Waals surface area contributed by atoms with Crippen LogP contribution in [-0.2, 0) is 4.79 Å². The number of nitrogens with zero attached hydrogens (tertiary/aromatic N) is 4. The number of fused-ring (bicyclic) bond motifs is 1. The number of halogens is 1. The Morgan fingerprint density at radius 3 is 2.50 bits per heavy atom. The van der Waals surface area contributed by atoms with Crippen LogP contribution in [-0.4, -0.2) is 21.0 Å². The zero-order chi connectivity index (χ0) is 22.1. The lowest BCUT2D eigenvalue weighted by atomic mass is 10.0. The second kappa shape index (κ2) is 8.24. The first-order valence-electron chi connectivity index (χ1n) is 9.94. The van der Waals surface area contributed by atoms with Gasteiger partial charge in [0, 0.05) is 18.7 Å². The Labute approximate surface area is 189 Å². The van der Waals surface area contributed by atoms with Gasteiger partial charge in [-0.3, -0.25) is 4.79 Å². The van der Waals surface area contributed by atoms with E-state index in [1.54, 1.807) is 30.5 Å². The zero-order valence-electron chi connectivity index (χ0n) is 17.1. The molecule has 0 radical (unpaired) electrons. The predicted octanol–water partition coefficient (Wildman–Crippen LogP) is 6.29. The third-order valence-electron chi connectivity index (χ3n) is 5.15. The molecule has 0 N–H and O–H groups in total. The fourth-order valence-electron chi connectivity index (χ4n) is 3.69. The molecule has 156 valence electrons. The highest BCUT2D eigenvalue weighted by Crippen LogP contribution is 2.43. The van der Waals surface area contributed by atoms with Crippen molar-refractivity contribution < 1.29 is 9.32 Å². The van der Waals surface area contributed by atoms with Gasteiger partial charge in [-0.2, -0.15) is 0 Å². The lowest BCUT2D eigenvalue weighted by Gasteiger charge is -2.20. The first kappa shape index (κ1) is 19.9. The third kappa shape index (κ3) is 3.50. The average molecular weight is 441 g/mol. The molecule has 7 heteroatoms. The van der Waals surface area contributed by atoms with Gasteiger partial charge in [-0.15, -0.1) is 0 Å². The molecule has 0 aliphatic carbocycles. The fourth-order valence-corrected chi connectivity index (χ4v) is 3.91. The number of hydrogen-bond acceptors (Lipinski definition) is 5. The van der Waals surface area contributed by atoms with Crippen molar-refractivity contribution in [1.29, 1.82) is 0 Å². The number of carbonyl (C=O) groups excluding carboxylic acids is 1. The highest BCUT2D eigenvalue weighted by Gasteiger charge is 2.29. The number of carbonyl (C=O) groups is 1. The molecule has 0 unspecified atom stereocenters. The summed E-state index contributed by atoms with van der Waals surface area (Å²) in [5.74, 6) is -0.0259. The molecule has 0 bridgehead atoms. The number of benzene rings is 3. The van der Waals surface area contributed by atoms with Crippen LogP contribution in [0.2, 0.25) is 5.02 Å². The van der Waals surface area contributed by atoms with Crippen LogP contribution in [0.4, 0.5) is 11.6 Å². The van der Waals surface area contributed by atoms with Crippen LogP contribution < -0.4 is 4.90 Å². The van der Waals surface area contributed by atoms with Crippen molar-refractivity contribution in [1.82, 2.24) is 15.1 Å². The molecular formula is C25H17ClN4O2. The molecule has 0 atom stereocenters. The molecule has 2 aromatic heterocycles. The van der Waals surface area contributed by atoms with Gasteiger partial charge in [-0.1, -0.05) is 65.3 Å². The number of hydrogen-bond donors (Lipinski definition) is 0. The van der Waals surface area contributed by atoms with Crippen LogP contribution in [0.25, 0.3) is 33.3 Å². The molecular weight excluding hydrogens is 424 g/mol. The summed E-state index contributed by atoms with van der Waals surface area (Å²) in [4.78, 5) is 22.6. The summed E-state index contributed by atoms with van der Waals surface area (Å²) in [7, 11) is 0. The van der Waals surface area contributed by atoms with E-state index in [1.165, 1.54) is 18.2 Å². The van der Waals surface area contributed by atoms with E-state index < -0.39 is 0 Å². The summed E-state index contributed by atoms with van der Waals surface area (Å²) in [6.45, 7) is 1.45. The molecule has 1 amide bonds. The van der Waals surface area contributed by atoms with Crippen LogP contribution >= 0.6 is 11.6 Å². The van der Waals surface area contributed by atoms with E-state index in [1.807, 2.05) is 48.5 Å². The van der Waals surface area contributed by atoms with Crippen molar-refractivity contribution >= 4 is 39.9 Å². The topological polar surface area (TPSA) is 72.1 Å². The van der Waals surface area contributed by atoms with Gasteiger partial charge in [-0.25, -0.2) is 14.9 Å². The van der Waals surface area contributed by atoms with Crippen LogP contribution in [0.3, 0.4) is 0 Å². The van der Waals surface area contributed by atoms with E-state index in [0.717, 1.165) is 16.3 Å². The molecule has 5 rings (SSSR count). The number of amides is 1. The Hall–Kier alpha value is -4.03. The molecule has 32 heavy (non-hydrogen) atoms. The van der Waals surface area contributed by atoms with Crippen LogP contribution in [0.15, 0.2) is 89.8 Å². The lowest BCUT2D eigenvalue weighted by Crippen LogP contribution is -2.23. The van der Waals surface area contributed by atoms with Gasteiger partial charge in [0.15, 0.2) is 0 Å². The Morgan fingerprint density at radius 2 is 1.75 bits per heavy atom. The summed E-state index contributed by atoms with van der Waals surface area (Å²) in [5.41, 5.74) is 3.08. The Kier molecular flexibility index (Phi) is 5.13. The largest absolute Gasteiger partial charge is 0.336 e. The van der Waals surface area contributed by atoms with Gasteiger partial charge in [0.1, 0.15) is 12.0 Å². The summed E-state index contributed by atoms with van der Waals surface area (Å²) >= 11 is 6.42. The standard InChI is InChI=1S/C25H17ClN4O2/c1-16(31)30(22-9-5-4-8-20(22)26)25-23(21-12-13-27-15-28-21)24(29-32-25)19-11-10-17-6-2-3-7-18(17)14-19/h2-15H,1H3. The summed E-state index contributed by atoms with van der Waals surface area (Å²) in [5, 5.41) is 6.96. The monoisotopic (exact) mass is 440 g/mol. The minimum atomic E-state index is -0.269. The Bertz CT molecular complexity index is 1430. The maximum absolute atomic E-state index is 12.7. The van der Waals surface area contributed by atoms with E-state index >= 15 is 0 Å². The quantitative estimate of drug-likeness (QED) is 0.328. The third-order valence-corrected chi connectivity index (χ3v) is 5.47. The second-order valence-electron chi connectivity index (χ2n) is 7.17. The number of rotatable bonds is 4. The lowest BCUT2D eigenvalue weighted by molar-refractivity contribution is -0.116. The first-order valence-corrected chi connectivity index (χ1v) is 10.3. The SMILES string of the molecule is CC(=O)N(c1ccccc1Cl)c1onc(-c2ccc3ccccc3c2)c1-c1ccncn1. The molecule has 2 heterocycles. The van der Waals surface area contributed by atoms with Gasteiger partial charge in [-0.05, 0) is 35.0 Å². The van der Waals surface area contributed by atoms with Crippen molar-refractivity contribution in [2.45, 2.75) is 6.92 Å². The van der Waals surface area contributed by atoms with Gasteiger partial charge < -0.3 is 4.52 Å². The average Bonchev–Trinajstić information content (AvgIpc) is 3.25. The Balaban J connectivity index is 1.76. The summed E-state index contributed by atoms with van der Waals surface area (Å²) in [6.07, 6.45) is 3.08. The minimum absolute atomic E-state index is 0.243.